The maximum Gasteiger partial charge on any atom is 0.161 e. The molecular weight excluding hydrogens is 384 g/mol. The highest BCUT2D eigenvalue weighted by Crippen LogP contribution is 2.28. The number of aliphatic hydroxyl groups is 1. The quantitative estimate of drug-likeness (QED) is 0.459. The lowest BCUT2D eigenvalue weighted by Crippen LogP contribution is -2.32. The maximum absolute atomic E-state index is 10.4. The van der Waals surface area contributed by atoms with E-state index in [0.29, 0.717) is 18.0 Å². The molecule has 5 nitrogen and oxygen atoms in total. The Balaban J connectivity index is 1.81. The highest BCUT2D eigenvalue weighted by atomic mass is 32.2. The zero-order chi connectivity index (χ0) is 20.9. The highest BCUT2D eigenvalue weighted by molar-refractivity contribution is 7.98. The third-order valence-corrected chi connectivity index (χ3v) is 5.21. The molecule has 0 aliphatic carbocycles. The molecule has 160 valence electrons. The van der Waals surface area contributed by atoms with Crippen LogP contribution in [0.3, 0.4) is 0 Å². The molecule has 0 saturated carbocycles. The number of thioether (sulfide) groups is 1. The van der Waals surface area contributed by atoms with Crippen molar-refractivity contribution >= 4 is 11.8 Å². The molecule has 1 atom stereocenters. The van der Waals surface area contributed by atoms with Crippen LogP contribution in [0.5, 0.6) is 11.5 Å². The van der Waals surface area contributed by atoms with Crippen LogP contribution in [0.4, 0.5) is 0 Å². The number of hydrogen-bond acceptors (Lipinski definition) is 6. The average molecular weight is 419 g/mol. The number of nitrogens with one attached hydrogen (secondary N) is 1. The fourth-order valence-electron chi connectivity index (χ4n) is 3.08. The van der Waals surface area contributed by atoms with Gasteiger partial charge in [-0.05, 0) is 55.3 Å². The predicted molar refractivity (Wildman–Crippen MR) is 122 cm³/mol. The summed E-state index contributed by atoms with van der Waals surface area (Å²) in [5, 5.41) is 13.8. The fraction of sp³-hybridized carbons (Fsp3) is 0.478. The van der Waals surface area contributed by atoms with Crippen LogP contribution in [0.15, 0.2) is 48.5 Å². The van der Waals surface area contributed by atoms with Crippen molar-refractivity contribution in [1.82, 2.24) is 10.2 Å². The van der Waals surface area contributed by atoms with Gasteiger partial charge in [0.2, 0.25) is 0 Å². The normalized spacial score (nSPS) is 12.2. The topological polar surface area (TPSA) is 54.0 Å². The lowest BCUT2D eigenvalue weighted by Gasteiger charge is -2.21. The first-order chi connectivity index (χ1) is 14.1. The summed E-state index contributed by atoms with van der Waals surface area (Å²) in [5.74, 6) is 2.52. The molecule has 0 aromatic heterocycles. The Morgan fingerprint density at radius 1 is 1.10 bits per heavy atom. The first kappa shape index (κ1) is 23.5. The monoisotopic (exact) mass is 418 g/mol. The number of nitrogens with zero attached hydrogens (tertiary/aromatic N) is 1. The first-order valence-electron chi connectivity index (χ1n) is 10.0. The number of rotatable bonds is 14. The van der Waals surface area contributed by atoms with Crippen molar-refractivity contribution < 1.29 is 14.6 Å². The predicted octanol–water partition coefficient (Wildman–Crippen LogP) is 3.41. The lowest BCUT2D eigenvalue weighted by atomic mass is 10.2. The molecule has 0 aliphatic heterocycles. The smallest absolute Gasteiger partial charge is 0.161 e. The molecule has 2 N–H and O–H groups in total. The van der Waals surface area contributed by atoms with Gasteiger partial charge >= 0.3 is 0 Å². The molecule has 6 heteroatoms. The molecule has 0 amide bonds. The van der Waals surface area contributed by atoms with Gasteiger partial charge in [-0.2, -0.15) is 11.8 Å². The largest absolute Gasteiger partial charge is 0.493 e. The molecular formula is C23H34N2O3S. The van der Waals surface area contributed by atoms with E-state index < -0.39 is 6.10 Å². The molecule has 29 heavy (non-hydrogen) atoms. The van der Waals surface area contributed by atoms with Gasteiger partial charge in [-0.25, -0.2) is 0 Å². The van der Waals surface area contributed by atoms with E-state index in [9.17, 15) is 5.11 Å². The van der Waals surface area contributed by atoms with E-state index in [-0.39, 0.29) is 6.61 Å². The molecule has 0 aliphatic rings. The molecule has 2 aromatic carbocycles. The molecule has 2 aromatic rings. The van der Waals surface area contributed by atoms with Crippen LogP contribution in [0.1, 0.15) is 17.5 Å². The van der Waals surface area contributed by atoms with Crippen LogP contribution < -0.4 is 14.8 Å². The molecule has 0 heterocycles. The van der Waals surface area contributed by atoms with E-state index >= 15 is 0 Å². The summed E-state index contributed by atoms with van der Waals surface area (Å²) in [6.45, 7) is 3.33. The van der Waals surface area contributed by atoms with E-state index in [0.717, 1.165) is 31.6 Å². The summed E-state index contributed by atoms with van der Waals surface area (Å²) >= 11 is 1.87. The number of likely N-dealkylation sites (N-methyl/N-ethyl adjacent to an activating group) is 1. The molecule has 0 bridgehead atoms. The molecule has 2 rings (SSSR count). The Bertz CT molecular complexity index is 700. The number of aliphatic hydroxyl groups excluding tert-OH is 1. The second kappa shape index (κ2) is 13.5. The van der Waals surface area contributed by atoms with E-state index in [4.69, 9.17) is 9.47 Å². The van der Waals surface area contributed by atoms with Crippen molar-refractivity contribution in [3.05, 3.63) is 59.7 Å². The third-order valence-electron chi connectivity index (χ3n) is 4.51. The third kappa shape index (κ3) is 9.09. The number of hydrogen-bond donors (Lipinski definition) is 2. The van der Waals surface area contributed by atoms with Gasteiger partial charge in [0.05, 0.1) is 7.11 Å². The number of ether oxygens (including phenoxy) is 2. The Hall–Kier alpha value is -1.73. The number of benzene rings is 2. The minimum absolute atomic E-state index is 0.222. The van der Waals surface area contributed by atoms with Crippen LogP contribution >= 0.6 is 11.8 Å². The molecule has 0 fully saturated rings. The Morgan fingerprint density at radius 3 is 2.62 bits per heavy atom. The van der Waals surface area contributed by atoms with Gasteiger partial charge < -0.3 is 19.9 Å². The Morgan fingerprint density at radius 2 is 1.90 bits per heavy atom. The van der Waals surface area contributed by atoms with Crippen LogP contribution in [0.25, 0.3) is 0 Å². The van der Waals surface area contributed by atoms with Crippen molar-refractivity contribution in [2.75, 3.05) is 45.9 Å². The molecule has 0 unspecified atom stereocenters. The van der Waals surface area contributed by atoms with Crippen LogP contribution in [0, 0.1) is 0 Å². The number of methoxy groups -OCH3 is 1. The highest BCUT2D eigenvalue weighted by Gasteiger charge is 2.12. The van der Waals surface area contributed by atoms with E-state index in [1.165, 1.54) is 11.3 Å². The van der Waals surface area contributed by atoms with Crippen molar-refractivity contribution in [2.45, 2.75) is 25.6 Å². The van der Waals surface area contributed by atoms with Gasteiger partial charge in [0.1, 0.15) is 12.7 Å². The Labute approximate surface area is 179 Å². The van der Waals surface area contributed by atoms with Crippen molar-refractivity contribution in [3.63, 3.8) is 0 Å². The summed E-state index contributed by atoms with van der Waals surface area (Å²) in [6, 6.07) is 16.2. The SMILES string of the molecule is COc1ccc(CNCCCSC)cc1OC[C@@H](O)CN(C)Cc1ccccc1. The zero-order valence-corrected chi connectivity index (χ0v) is 18.6. The average Bonchev–Trinajstić information content (AvgIpc) is 2.73. The minimum Gasteiger partial charge on any atom is -0.493 e. The van der Waals surface area contributed by atoms with Gasteiger partial charge in [0, 0.05) is 19.6 Å². The summed E-state index contributed by atoms with van der Waals surface area (Å²) < 4.78 is 11.3. The van der Waals surface area contributed by atoms with E-state index in [2.05, 4.69) is 28.6 Å². The van der Waals surface area contributed by atoms with Gasteiger partial charge in [0.15, 0.2) is 11.5 Å². The summed E-state index contributed by atoms with van der Waals surface area (Å²) in [4.78, 5) is 2.09. The minimum atomic E-state index is -0.582. The molecule has 0 radical (unpaired) electrons. The fourth-order valence-corrected chi connectivity index (χ4v) is 3.51. The molecule has 0 saturated heterocycles. The Kier molecular flexibility index (Phi) is 11.0. The van der Waals surface area contributed by atoms with E-state index in [1.54, 1.807) is 7.11 Å². The van der Waals surface area contributed by atoms with E-state index in [1.807, 2.05) is 55.2 Å². The van der Waals surface area contributed by atoms with Gasteiger partial charge in [-0.3, -0.25) is 4.90 Å². The standard InChI is InChI=1S/C23H34N2O3S/c1-25(16-19-8-5-4-6-9-19)17-21(26)18-28-23-14-20(10-11-22(23)27-2)15-24-12-7-13-29-3/h4-6,8-11,14,21,24,26H,7,12-13,15-18H2,1-3H3/t21-/m0/s1. The van der Waals surface area contributed by atoms with Gasteiger partial charge in [0.25, 0.3) is 0 Å². The van der Waals surface area contributed by atoms with Crippen molar-refractivity contribution in [2.24, 2.45) is 0 Å². The lowest BCUT2D eigenvalue weighted by molar-refractivity contribution is 0.0732. The maximum atomic E-state index is 10.4. The second-order valence-electron chi connectivity index (χ2n) is 7.16. The van der Waals surface area contributed by atoms with Gasteiger partial charge in [-0.15, -0.1) is 0 Å². The second-order valence-corrected chi connectivity index (χ2v) is 8.14. The first-order valence-corrected chi connectivity index (χ1v) is 11.4. The van der Waals surface area contributed by atoms with Crippen molar-refractivity contribution in [1.29, 1.82) is 0 Å². The van der Waals surface area contributed by atoms with Gasteiger partial charge in [-0.1, -0.05) is 36.4 Å². The van der Waals surface area contributed by atoms with Crippen LogP contribution in [0.2, 0.25) is 0 Å². The summed E-state index contributed by atoms with van der Waals surface area (Å²) in [7, 11) is 3.63. The van der Waals surface area contributed by atoms with Crippen molar-refractivity contribution in [3.8, 4) is 11.5 Å². The van der Waals surface area contributed by atoms with Crippen LogP contribution in [-0.2, 0) is 13.1 Å². The van der Waals surface area contributed by atoms with Crippen LogP contribution in [-0.4, -0.2) is 62.0 Å². The summed E-state index contributed by atoms with van der Waals surface area (Å²) in [6.07, 6.45) is 2.70. The summed E-state index contributed by atoms with van der Waals surface area (Å²) in [5.41, 5.74) is 2.36. The molecule has 0 spiro atoms. The zero-order valence-electron chi connectivity index (χ0n) is 17.8.